The van der Waals surface area contributed by atoms with Gasteiger partial charge in [0.1, 0.15) is 11.9 Å². The standard InChI is InChI=1S/C28H30ClFN2O2S/c1-20(2)31-28(34)26(16-21-8-4-3-5-9-21)32(17-22-12-14-24(29)15-13-22)27(33)19-35-18-23-10-6-7-11-25(23)30/h3-15,20,26H,16-19H2,1-2H3,(H,31,34)/t26-/m1/s1. The summed E-state index contributed by atoms with van der Waals surface area (Å²) in [4.78, 5) is 28.4. The van der Waals surface area contributed by atoms with Crippen LogP contribution in [-0.4, -0.2) is 34.6 Å². The van der Waals surface area contributed by atoms with Crippen LogP contribution < -0.4 is 5.32 Å². The third-order valence-electron chi connectivity index (χ3n) is 5.41. The highest BCUT2D eigenvalue weighted by atomic mass is 35.5. The largest absolute Gasteiger partial charge is 0.352 e. The number of halogens is 2. The molecule has 1 atom stereocenters. The van der Waals surface area contributed by atoms with E-state index in [0.717, 1.165) is 11.1 Å². The average molecular weight is 513 g/mol. The molecule has 0 radical (unpaired) electrons. The van der Waals surface area contributed by atoms with Gasteiger partial charge in [-0.3, -0.25) is 9.59 Å². The molecule has 2 amide bonds. The van der Waals surface area contributed by atoms with Crippen molar-refractivity contribution < 1.29 is 14.0 Å². The molecule has 7 heteroatoms. The second-order valence-corrected chi connectivity index (χ2v) is 10.0. The number of nitrogens with one attached hydrogen (secondary N) is 1. The Morgan fingerprint density at radius 2 is 1.60 bits per heavy atom. The molecule has 0 heterocycles. The topological polar surface area (TPSA) is 49.4 Å². The number of benzene rings is 3. The Bertz CT molecular complexity index is 1110. The van der Waals surface area contributed by atoms with Gasteiger partial charge in [0.2, 0.25) is 11.8 Å². The van der Waals surface area contributed by atoms with Crippen molar-refractivity contribution in [2.45, 2.75) is 44.6 Å². The van der Waals surface area contributed by atoms with E-state index < -0.39 is 6.04 Å². The zero-order chi connectivity index (χ0) is 25.2. The van der Waals surface area contributed by atoms with Crippen molar-refractivity contribution in [3.63, 3.8) is 0 Å². The molecule has 0 fully saturated rings. The summed E-state index contributed by atoms with van der Waals surface area (Å²) in [5.74, 6) is -0.174. The van der Waals surface area contributed by atoms with Crippen LogP contribution in [0, 0.1) is 5.82 Å². The number of amides is 2. The summed E-state index contributed by atoms with van der Waals surface area (Å²) in [6.45, 7) is 4.06. The van der Waals surface area contributed by atoms with Crippen molar-refractivity contribution in [2.24, 2.45) is 0 Å². The lowest BCUT2D eigenvalue weighted by Gasteiger charge is -2.32. The van der Waals surface area contributed by atoms with Gasteiger partial charge < -0.3 is 10.2 Å². The van der Waals surface area contributed by atoms with Gasteiger partial charge in [-0.1, -0.05) is 72.3 Å². The van der Waals surface area contributed by atoms with Crippen LogP contribution in [0.25, 0.3) is 0 Å². The maximum atomic E-state index is 14.0. The fourth-order valence-electron chi connectivity index (χ4n) is 3.67. The van der Waals surface area contributed by atoms with Crippen LogP contribution in [0.15, 0.2) is 78.9 Å². The summed E-state index contributed by atoms with van der Waals surface area (Å²) in [6.07, 6.45) is 0.386. The van der Waals surface area contributed by atoms with Gasteiger partial charge in [-0.15, -0.1) is 11.8 Å². The van der Waals surface area contributed by atoms with Gasteiger partial charge in [0.25, 0.3) is 0 Å². The average Bonchev–Trinajstić information content (AvgIpc) is 2.84. The molecule has 0 saturated heterocycles. The van der Waals surface area contributed by atoms with E-state index in [1.165, 1.54) is 17.8 Å². The maximum absolute atomic E-state index is 14.0. The molecule has 0 aliphatic heterocycles. The van der Waals surface area contributed by atoms with Crippen molar-refractivity contribution in [3.8, 4) is 0 Å². The zero-order valence-corrected chi connectivity index (χ0v) is 21.5. The number of hydrogen-bond acceptors (Lipinski definition) is 3. The van der Waals surface area contributed by atoms with E-state index in [1.807, 2.05) is 56.3 Å². The Kier molecular flexibility index (Phi) is 10.2. The van der Waals surface area contributed by atoms with E-state index >= 15 is 0 Å². The zero-order valence-electron chi connectivity index (χ0n) is 19.9. The number of nitrogens with zero attached hydrogens (tertiary/aromatic N) is 1. The van der Waals surface area contributed by atoms with Crippen LogP contribution in [0.1, 0.15) is 30.5 Å². The van der Waals surface area contributed by atoms with Crippen LogP contribution in [0.4, 0.5) is 4.39 Å². The lowest BCUT2D eigenvalue weighted by Crippen LogP contribution is -2.52. The first-order valence-corrected chi connectivity index (χ1v) is 13.1. The summed E-state index contributed by atoms with van der Waals surface area (Å²) >= 11 is 7.38. The van der Waals surface area contributed by atoms with E-state index in [0.29, 0.717) is 22.8 Å². The first kappa shape index (κ1) is 26.8. The molecular weight excluding hydrogens is 483 g/mol. The van der Waals surface area contributed by atoms with Crippen molar-refractivity contribution in [3.05, 3.63) is 106 Å². The highest BCUT2D eigenvalue weighted by molar-refractivity contribution is 7.99. The molecule has 4 nitrogen and oxygen atoms in total. The molecule has 3 rings (SSSR count). The van der Waals surface area contributed by atoms with Gasteiger partial charge in [-0.05, 0) is 48.7 Å². The molecule has 184 valence electrons. The van der Waals surface area contributed by atoms with Gasteiger partial charge in [0.05, 0.1) is 5.75 Å². The molecule has 0 aliphatic carbocycles. The fourth-order valence-corrected chi connectivity index (χ4v) is 4.69. The smallest absolute Gasteiger partial charge is 0.243 e. The van der Waals surface area contributed by atoms with Crippen LogP contribution in [0.2, 0.25) is 5.02 Å². The summed E-state index contributed by atoms with van der Waals surface area (Å²) < 4.78 is 14.0. The molecule has 3 aromatic carbocycles. The van der Waals surface area contributed by atoms with Crippen LogP contribution in [0.5, 0.6) is 0 Å². The predicted molar refractivity (Wildman–Crippen MR) is 142 cm³/mol. The molecule has 1 N–H and O–H groups in total. The molecule has 0 unspecified atom stereocenters. The van der Waals surface area contributed by atoms with Gasteiger partial charge in [0, 0.05) is 29.8 Å². The molecule has 0 saturated carbocycles. The Balaban J connectivity index is 1.84. The third kappa shape index (κ3) is 8.41. The number of rotatable bonds is 11. The van der Waals surface area contributed by atoms with E-state index in [2.05, 4.69) is 5.32 Å². The molecule has 3 aromatic rings. The van der Waals surface area contributed by atoms with Gasteiger partial charge in [-0.2, -0.15) is 0 Å². The maximum Gasteiger partial charge on any atom is 0.243 e. The second kappa shape index (κ2) is 13.3. The first-order valence-electron chi connectivity index (χ1n) is 11.5. The number of thioether (sulfide) groups is 1. The normalized spacial score (nSPS) is 11.8. The SMILES string of the molecule is CC(C)NC(=O)[C@@H](Cc1ccccc1)N(Cc1ccc(Cl)cc1)C(=O)CSCc1ccccc1F. The summed E-state index contributed by atoms with van der Waals surface area (Å²) in [6, 6.07) is 22.7. The lowest BCUT2D eigenvalue weighted by atomic mass is 10.0. The van der Waals surface area contributed by atoms with Crippen LogP contribution in [-0.2, 0) is 28.3 Å². The van der Waals surface area contributed by atoms with Crippen molar-refractivity contribution in [1.82, 2.24) is 10.2 Å². The Morgan fingerprint density at radius 1 is 0.943 bits per heavy atom. The highest BCUT2D eigenvalue weighted by Gasteiger charge is 2.30. The summed E-state index contributed by atoms with van der Waals surface area (Å²) in [5.41, 5.74) is 2.38. The highest BCUT2D eigenvalue weighted by Crippen LogP contribution is 2.20. The lowest BCUT2D eigenvalue weighted by molar-refractivity contribution is -0.139. The predicted octanol–water partition coefficient (Wildman–Crippen LogP) is 5.88. The van der Waals surface area contributed by atoms with Gasteiger partial charge in [0.15, 0.2) is 0 Å². The molecule has 0 bridgehead atoms. The van der Waals surface area contributed by atoms with Crippen molar-refractivity contribution in [2.75, 3.05) is 5.75 Å². The van der Waals surface area contributed by atoms with E-state index in [-0.39, 0.29) is 36.0 Å². The Labute approximate surface area is 215 Å². The number of hydrogen-bond donors (Lipinski definition) is 1. The minimum absolute atomic E-state index is 0.0660. The summed E-state index contributed by atoms with van der Waals surface area (Å²) in [7, 11) is 0. The van der Waals surface area contributed by atoms with Gasteiger partial charge >= 0.3 is 0 Å². The monoisotopic (exact) mass is 512 g/mol. The number of carbonyl (C=O) groups excluding carboxylic acids is 2. The van der Waals surface area contributed by atoms with Gasteiger partial charge in [-0.25, -0.2) is 4.39 Å². The third-order valence-corrected chi connectivity index (χ3v) is 6.63. The fraction of sp³-hybridized carbons (Fsp3) is 0.286. The minimum Gasteiger partial charge on any atom is -0.352 e. The quantitative estimate of drug-likeness (QED) is 0.349. The molecule has 35 heavy (non-hydrogen) atoms. The van der Waals surface area contributed by atoms with Crippen LogP contribution >= 0.6 is 23.4 Å². The minimum atomic E-state index is -0.697. The van der Waals surface area contributed by atoms with Crippen LogP contribution in [0.3, 0.4) is 0 Å². The van der Waals surface area contributed by atoms with E-state index in [1.54, 1.807) is 35.2 Å². The van der Waals surface area contributed by atoms with E-state index in [9.17, 15) is 14.0 Å². The van der Waals surface area contributed by atoms with Crippen molar-refractivity contribution in [1.29, 1.82) is 0 Å². The molecule has 0 spiro atoms. The Hall–Kier alpha value is -2.83. The summed E-state index contributed by atoms with van der Waals surface area (Å²) in [5, 5.41) is 3.57. The first-order chi connectivity index (χ1) is 16.8. The van der Waals surface area contributed by atoms with E-state index in [4.69, 9.17) is 11.6 Å². The second-order valence-electron chi connectivity index (χ2n) is 8.60. The molecule has 0 aromatic heterocycles. The molecular formula is C28H30ClFN2O2S. The van der Waals surface area contributed by atoms with Crippen molar-refractivity contribution >= 4 is 35.2 Å². The molecule has 0 aliphatic rings. The Morgan fingerprint density at radius 3 is 2.26 bits per heavy atom. The number of carbonyl (C=O) groups is 2.